The molecule has 0 spiro atoms. The third kappa shape index (κ3) is 263. The van der Waals surface area contributed by atoms with Crippen molar-refractivity contribution in [2.45, 2.75) is 363 Å². The maximum atomic E-state index is 9.44. The molecule has 0 atom stereocenters. The number of hydrogen-bond acceptors (Lipinski definition) is 3. The van der Waals surface area contributed by atoms with Gasteiger partial charge in [0.25, 0.3) is 0 Å². The molecule has 0 aromatic carbocycles. The molecule has 0 saturated heterocycles. The van der Waals surface area contributed by atoms with E-state index in [0.717, 1.165) is 0 Å². The number of ketones is 3. The molecule has 0 aliphatic rings. The van der Waals surface area contributed by atoms with E-state index in [1.54, 1.807) is 0 Å². The van der Waals surface area contributed by atoms with E-state index in [2.05, 4.69) is 96.9 Å². The fraction of sp³-hybridized carbons (Fsp3) is 0.948. The summed E-state index contributed by atoms with van der Waals surface area (Å²) in [7, 11) is 0. The summed E-state index contributed by atoms with van der Waals surface area (Å²) in [5.74, 6) is 0.500. The van der Waals surface area contributed by atoms with Crippen molar-refractivity contribution in [3.63, 3.8) is 0 Å². The van der Waals surface area contributed by atoms with Crippen molar-refractivity contribution < 1.29 is 14.4 Å². The summed E-state index contributed by atoms with van der Waals surface area (Å²) in [6.45, 7) is 40.6. The fourth-order valence-corrected chi connectivity index (χ4v) is 4.74. The zero-order valence-corrected chi connectivity index (χ0v) is 47.5. The number of rotatable bonds is 28. The van der Waals surface area contributed by atoms with Gasteiger partial charge in [-0.15, -0.1) is 0 Å². The van der Waals surface area contributed by atoms with Crippen LogP contribution in [0.15, 0.2) is 0 Å². The van der Waals surface area contributed by atoms with Gasteiger partial charge in [0.05, 0.1) is 0 Å². The number of unbranched alkanes of at least 4 members (excludes halogenated alkanes) is 28. The van der Waals surface area contributed by atoms with Crippen LogP contribution < -0.4 is 0 Å². The van der Waals surface area contributed by atoms with Crippen LogP contribution in [0.4, 0.5) is 0 Å². The van der Waals surface area contributed by atoms with Crippen LogP contribution in [-0.4, -0.2) is 17.3 Å². The van der Waals surface area contributed by atoms with Crippen LogP contribution in [0.1, 0.15) is 363 Å². The van der Waals surface area contributed by atoms with E-state index in [4.69, 9.17) is 0 Å². The van der Waals surface area contributed by atoms with Crippen molar-refractivity contribution in [2.24, 2.45) is 0 Å². The monoisotopic (exact) mass is 875 g/mol. The number of carbonyl (C=O) groups is 3. The second kappa shape index (κ2) is 107. The van der Waals surface area contributed by atoms with Gasteiger partial charge in [0, 0.05) is 0 Å². The van der Waals surface area contributed by atoms with Crippen LogP contribution in [0, 0.1) is 0 Å². The molecule has 0 bridgehead atoms. The van der Waals surface area contributed by atoms with E-state index in [1.807, 2.05) is 0 Å². The molecule has 0 unspecified atom stereocenters. The predicted molar refractivity (Wildman–Crippen MR) is 290 cm³/mol. The van der Waals surface area contributed by atoms with Crippen LogP contribution in [-0.2, 0) is 14.4 Å². The lowest BCUT2D eigenvalue weighted by atomic mass is 10.2. The average molecular weight is 876 g/mol. The van der Waals surface area contributed by atoms with Crippen LogP contribution in [0.25, 0.3) is 0 Å². The van der Waals surface area contributed by atoms with Gasteiger partial charge in [0.1, 0.15) is 17.3 Å². The zero-order chi connectivity index (χ0) is 49.5. The third-order valence-electron chi connectivity index (χ3n) is 8.45. The molecular formula is C58H130O3. The highest BCUT2D eigenvalue weighted by Gasteiger charge is 1.84. The normalized spacial score (nSPS) is 8.85. The molecule has 0 rings (SSSR count). The molecule has 3 heteroatoms. The van der Waals surface area contributed by atoms with Crippen LogP contribution >= 0.6 is 0 Å². The van der Waals surface area contributed by atoms with Gasteiger partial charge in [-0.05, 0) is 41.5 Å². The van der Waals surface area contributed by atoms with E-state index >= 15 is 0 Å². The quantitative estimate of drug-likeness (QED) is 0.0736. The zero-order valence-electron chi connectivity index (χ0n) is 47.5. The summed E-state index contributed by atoms with van der Waals surface area (Å²) >= 11 is 0. The van der Waals surface area contributed by atoms with Crippen LogP contribution in [0.5, 0.6) is 0 Å². The maximum absolute atomic E-state index is 9.44. The van der Waals surface area contributed by atoms with Crippen molar-refractivity contribution in [1.29, 1.82) is 0 Å². The Kier molecular flexibility index (Phi) is 147. The molecule has 0 fully saturated rings. The summed E-state index contributed by atoms with van der Waals surface area (Å²) in [5.41, 5.74) is 0. The minimum Gasteiger partial charge on any atom is -0.300 e. The minimum atomic E-state index is 0.167. The maximum Gasteiger partial charge on any atom is 0.126 e. The van der Waals surface area contributed by atoms with Crippen molar-refractivity contribution in [3.05, 3.63) is 0 Å². The van der Waals surface area contributed by atoms with Gasteiger partial charge in [0.15, 0.2) is 0 Å². The smallest absolute Gasteiger partial charge is 0.126 e. The first-order valence-corrected chi connectivity index (χ1v) is 27.5. The Balaban J connectivity index is -0.0000000596. The molecule has 0 aromatic heterocycles. The summed E-state index contributed by atoms with van der Waals surface area (Å²) in [4.78, 5) is 28.3. The standard InChI is InChI=1S/7C7H16.3C3H6O/c7*1-3-5-7-6-4-2;3*1-3(2)4/h7*3-7H2,1-2H3;3*1-2H3. The first kappa shape index (κ1) is 83.6. The van der Waals surface area contributed by atoms with Crippen LogP contribution in [0.3, 0.4) is 0 Å². The molecule has 0 amide bonds. The molecule has 0 radical (unpaired) electrons. The molecule has 0 aliphatic carbocycles. The number of carbonyl (C=O) groups excluding carboxylic acids is 3. The molecule has 0 aliphatic heterocycles. The van der Waals surface area contributed by atoms with E-state index in [0.29, 0.717) is 0 Å². The molecular weight excluding hydrogens is 745 g/mol. The highest BCUT2D eigenvalue weighted by Crippen LogP contribution is 2.03. The second-order valence-corrected chi connectivity index (χ2v) is 17.1. The van der Waals surface area contributed by atoms with E-state index < -0.39 is 0 Å². The first-order valence-electron chi connectivity index (χ1n) is 27.5. The SMILES string of the molecule is CC(C)=O.CC(C)=O.CC(C)=O.CCCCCCC.CCCCCCC.CCCCCCC.CCCCCCC.CCCCCCC.CCCCCCC.CCCCCCC. The lowest BCUT2D eigenvalue weighted by Gasteiger charge is -1.90. The van der Waals surface area contributed by atoms with Gasteiger partial charge in [0.2, 0.25) is 0 Å². The molecule has 0 heterocycles. The Morgan fingerprint density at radius 1 is 0.164 bits per heavy atom. The number of Topliss-reactive ketones (excluding diaryl/α,β-unsaturated/α-hetero) is 3. The lowest BCUT2D eigenvalue weighted by Crippen LogP contribution is -1.70. The molecule has 61 heavy (non-hydrogen) atoms. The van der Waals surface area contributed by atoms with Crippen LogP contribution in [0.2, 0.25) is 0 Å². The van der Waals surface area contributed by atoms with Gasteiger partial charge in [-0.1, -0.05) is 322 Å². The fourth-order valence-electron chi connectivity index (χ4n) is 4.74. The van der Waals surface area contributed by atoms with Gasteiger partial charge in [-0.3, -0.25) is 0 Å². The van der Waals surface area contributed by atoms with E-state index in [9.17, 15) is 14.4 Å². The van der Waals surface area contributed by atoms with Crippen molar-refractivity contribution >= 4 is 17.3 Å². The summed E-state index contributed by atoms with van der Waals surface area (Å²) < 4.78 is 0. The minimum absolute atomic E-state index is 0.167. The number of hydrogen-bond donors (Lipinski definition) is 0. The van der Waals surface area contributed by atoms with E-state index in [1.165, 1.54) is 266 Å². The highest BCUT2D eigenvalue weighted by molar-refractivity contribution is 5.72. The lowest BCUT2D eigenvalue weighted by molar-refractivity contribution is -0.115. The second-order valence-electron chi connectivity index (χ2n) is 17.1. The Bertz CT molecular complexity index is 446. The van der Waals surface area contributed by atoms with Gasteiger partial charge in [-0.2, -0.15) is 0 Å². The molecule has 0 aromatic rings. The van der Waals surface area contributed by atoms with Gasteiger partial charge >= 0.3 is 0 Å². The van der Waals surface area contributed by atoms with Crippen molar-refractivity contribution in [2.75, 3.05) is 0 Å². The summed E-state index contributed by atoms with van der Waals surface area (Å²) in [5, 5.41) is 0. The van der Waals surface area contributed by atoms with Crippen molar-refractivity contribution in [3.8, 4) is 0 Å². The first-order chi connectivity index (χ1) is 29.1. The predicted octanol–water partition coefficient (Wildman–Crippen LogP) is 22.6. The molecule has 380 valence electrons. The molecule has 0 saturated carbocycles. The van der Waals surface area contributed by atoms with Gasteiger partial charge < -0.3 is 14.4 Å². The molecule has 0 N–H and O–H groups in total. The highest BCUT2D eigenvalue weighted by atomic mass is 16.1. The Hall–Kier alpha value is -0.990. The largest absolute Gasteiger partial charge is 0.300 e. The Morgan fingerprint density at radius 3 is 0.246 bits per heavy atom. The average Bonchev–Trinajstić information content (AvgIpc) is 3.20. The molecule has 3 nitrogen and oxygen atoms in total. The summed E-state index contributed by atoms with van der Waals surface area (Å²) in [6, 6.07) is 0. The van der Waals surface area contributed by atoms with E-state index in [-0.39, 0.29) is 17.3 Å². The Labute approximate surface area is 393 Å². The van der Waals surface area contributed by atoms with Gasteiger partial charge in [-0.25, -0.2) is 0 Å². The summed E-state index contributed by atoms with van der Waals surface area (Å²) in [6.07, 6.45) is 49.1. The van der Waals surface area contributed by atoms with Crippen molar-refractivity contribution in [1.82, 2.24) is 0 Å². The third-order valence-corrected chi connectivity index (χ3v) is 8.45. The topological polar surface area (TPSA) is 51.2 Å². The Morgan fingerprint density at radius 2 is 0.213 bits per heavy atom.